The Morgan fingerprint density at radius 3 is 2.45 bits per heavy atom. The molecule has 0 atom stereocenters. The van der Waals surface area contributed by atoms with Gasteiger partial charge in [0, 0.05) is 17.6 Å². The minimum Gasteiger partial charge on any atom is -0.357 e. The van der Waals surface area contributed by atoms with Gasteiger partial charge in [0.25, 0.3) is 0 Å². The lowest BCUT2D eigenvalue weighted by Gasteiger charge is -2.12. The molecule has 0 radical (unpaired) electrons. The molecule has 0 aliphatic rings. The Kier molecular flexibility index (Phi) is 9.97. The minimum atomic E-state index is -4.21. The number of hydrogen-bond acceptors (Lipinski definition) is 1. The number of nitrogens with one attached hydrogen (secondary N) is 2. The lowest BCUT2D eigenvalue weighted by atomic mass is 10.2. The second kappa shape index (κ2) is 10.2. The standard InChI is InChI=1S/C13H16BrF4N3.HI/c1-2-19-12(20-4-3-13(16,17)18)21-8-9-5-10(14)7-11(15)6-9;/h5-7H,2-4,8H2,1H3,(H2,19,20,21);1H. The normalized spacial score (nSPS) is 11.8. The highest BCUT2D eigenvalue weighted by Gasteiger charge is 2.26. The summed E-state index contributed by atoms with van der Waals surface area (Å²) in [5, 5.41) is 5.42. The first-order chi connectivity index (χ1) is 9.80. The SMILES string of the molecule is CCNC(=NCc1cc(F)cc(Br)c1)NCCC(F)(F)F.I. The molecular weight excluding hydrogens is 481 g/mol. The van der Waals surface area contributed by atoms with Crippen LogP contribution in [0.3, 0.4) is 0 Å². The zero-order chi connectivity index (χ0) is 15.9. The third-order valence-electron chi connectivity index (χ3n) is 2.39. The van der Waals surface area contributed by atoms with Gasteiger partial charge in [-0.1, -0.05) is 15.9 Å². The van der Waals surface area contributed by atoms with Crippen LogP contribution in [0, 0.1) is 5.82 Å². The molecule has 0 unspecified atom stereocenters. The van der Waals surface area contributed by atoms with E-state index < -0.39 is 18.4 Å². The van der Waals surface area contributed by atoms with E-state index in [2.05, 4.69) is 31.6 Å². The van der Waals surface area contributed by atoms with Gasteiger partial charge in [-0.25, -0.2) is 9.38 Å². The van der Waals surface area contributed by atoms with Crippen LogP contribution in [0.2, 0.25) is 0 Å². The van der Waals surface area contributed by atoms with Crippen molar-refractivity contribution in [2.24, 2.45) is 4.99 Å². The van der Waals surface area contributed by atoms with Gasteiger partial charge < -0.3 is 10.6 Å². The molecule has 0 spiro atoms. The quantitative estimate of drug-likeness (QED) is 0.277. The van der Waals surface area contributed by atoms with Crippen LogP contribution in [0.4, 0.5) is 17.6 Å². The lowest BCUT2D eigenvalue weighted by molar-refractivity contribution is -0.132. The summed E-state index contributed by atoms with van der Waals surface area (Å²) in [6.07, 6.45) is -5.15. The van der Waals surface area contributed by atoms with Crippen molar-refractivity contribution < 1.29 is 17.6 Å². The predicted molar refractivity (Wildman–Crippen MR) is 93.0 cm³/mol. The molecule has 126 valence electrons. The van der Waals surface area contributed by atoms with Crippen LogP contribution < -0.4 is 10.6 Å². The van der Waals surface area contributed by atoms with E-state index in [-0.39, 0.29) is 43.0 Å². The molecule has 22 heavy (non-hydrogen) atoms. The Bertz CT molecular complexity index is 474. The number of halogens is 6. The van der Waals surface area contributed by atoms with Crippen molar-refractivity contribution in [3.05, 3.63) is 34.1 Å². The van der Waals surface area contributed by atoms with Crippen molar-refractivity contribution in [2.45, 2.75) is 26.1 Å². The maximum Gasteiger partial charge on any atom is 0.390 e. The second-order valence-electron chi connectivity index (χ2n) is 4.26. The van der Waals surface area contributed by atoms with Crippen molar-refractivity contribution in [2.75, 3.05) is 13.1 Å². The van der Waals surface area contributed by atoms with Crippen molar-refractivity contribution in [3.8, 4) is 0 Å². The monoisotopic (exact) mass is 497 g/mol. The zero-order valence-corrected chi connectivity index (χ0v) is 15.7. The molecule has 0 amide bonds. The maximum absolute atomic E-state index is 13.2. The summed E-state index contributed by atoms with van der Waals surface area (Å²) >= 11 is 3.17. The Morgan fingerprint density at radius 1 is 1.23 bits per heavy atom. The summed E-state index contributed by atoms with van der Waals surface area (Å²) in [5.74, 6) is -0.133. The van der Waals surface area contributed by atoms with Gasteiger partial charge in [-0.05, 0) is 30.7 Å². The van der Waals surface area contributed by atoms with Crippen molar-refractivity contribution in [3.63, 3.8) is 0 Å². The molecule has 0 fully saturated rings. The van der Waals surface area contributed by atoms with E-state index in [0.29, 0.717) is 16.6 Å². The minimum absolute atomic E-state index is 0. The smallest absolute Gasteiger partial charge is 0.357 e. The Morgan fingerprint density at radius 2 is 1.91 bits per heavy atom. The zero-order valence-electron chi connectivity index (χ0n) is 11.8. The first-order valence-corrected chi connectivity index (χ1v) is 7.13. The number of hydrogen-bond donors (Lipinski definition) is 2. The fraction of sp³-hybridized carbons (Fsp3) is 0.462. The fourth-order valence-electron chi connectivity index (χ4n) is 1.54. The van der Waals surface area contributed by atoms with Crippen LogP contribution in [0.1, 0.15) is 18.9 Å². The average Bonchev–Trinajstić information content (AvgIpc) is 2.33. The Labute approximate surface area is 152 Å². The molecule has 1 aromatic rings. The molecule has 2 N–H and O–H groups in total. The lowest BCUT2D eigenvalue weighted by Crippen LogP contribution is -2.38. The van der Waals surface area contributed by atoms with Crippen LogP contribution in [-0.2, 0) is 6.54 Å². The van der Waals surface area contributed by atoms with Gasteiger partial charge in [-0.15, -0.1) is 24.0 Å². The van der Waals surface area contributed by atoms with Crippen molar-refractivity contribution in [1.82, 2.24) is 10.6 Å². The van der Waals surface area contributed by atoms with Gasteiger partial charge in [-0.2, -0.15) is 13.2 Å². The summed E-state index contributed by atoms with van der Waals surface area (Å²) in [4.78, 5) is 4.13. The first-order valence-electron chi connectivity index (χ1n) is 6.34. The highest BCUT2D eigenvalue weighted by molar-refractivity contribution is 14.0. The fourth-order valence-corrected chi connectivity index (χ4v) is 2.05. The molecular formula is C13H17BrF4IN3. The molecule has 9 heteroatoms. The van der Waals surface area contributed by atoms with Gasteiger partial charge in [-0.3, -0.25) is 0 Å². The molecule has 1 aromatic carbocycles. The second-order valence-corrected chi connectivity index (χ2v) is 5.18. The first kappa shape index (κ1) is 21.4. The van der Waals surface area contributed by atoms with E-state index in [0.717, 1.165) is 0 Å². The van der Waals surface area contributed by atoms with Crippen LogP contribution in [0.25, 0.3) is 0 Å². The van der Waals surface area contributed by atoms with Crippen LogP contribution in [-0.4, -0.2) is 25.2 Å². The third kappa shape index (κ3) is 9.44. The number of rotatable bonds is 5. The van der Waals surface area contributed by atoms with Gasteiger partial charge in [0.1, 0.15) is 5.82 Å². The van der Waals surface area contributed by atoms with E-state index in [9.17, 15) is 17.6 Å². The van der Waals surface area contributed by atoms with E-state index in [4.69, 9.17) is 0 Å². The number of alkyl halides is 3. The van der Waals surface area contributed by atoms with E-state index in [1.165, 1.54) is 12.1 Å². The van der Waals surface area contributed by atoms with Crippen molar-refractivity contribution in [1.29, 1.82) is 0 Å². The largest absolute Gasteiger partial charge is 0.390 e. The molecule has 0 bridgehead atoms. The summed E-state index contributed by atoms with van der Waals surface area (Å²) in [7, 11) is 0. The molecule has 0 saturated carbocycles. The van der Waals surface area contributed by atoms with Crippen LogP contribution in [0.15, 0.2) is 27.7 Å². The topological polar surface area (TPSA) is 36.4 Å². The third-order valence-corrected chi connectivity index (χ3v) is 2.85. The number of aliphatic imine (C=N–C) groups is 1. The number of guanidine groups is 1. The Hall–Kier alpha value is -0.580. The van der Waals surface area contributed by atoms with Gasteiger partial charge in [0.15, 0.2) is 5.96 Å². The predicted octanol–water partition coefficient (Wildman–Crippen LogP) is 4.21. The molecule has 0 aliphatic carbocycles. The van der Waals surface area contributed by atoms with Crippen LogP contribution >= 0.6 is 39.9 Å². The summed E-state index contributed by atoms with van der Waals surface area (Å²) < 4.78 is 50.0. The maximum atomic E-state index is 13.2. The molecule has 1 rings (SSSR count). The van der Waals surface area contributed by atoms with E-state index in [1.54, 1.807) is 13.0 Å². The Balaban J connectivity index is 0.00000441. The molecule has 0 aliphatic heterocycles. The van der Waals surface area contributed by atoms with Crippen LogP contribution in [0.5, 0.6) is 0 Å². The summed E-state index contributed by atoms with van der Waals surface area (Å²) in [6.45, 7) is 2.23. The molecule has 0 heterocycles. The van der Waals surface area contributed by atoms with Crippen molar-refractivity contribution >= 4 is 45.9 Å². The van der Waals surface area contributed by atoms with Gasteiger partial charge >= 0.3 is 6.18 Å². The van der Waals surface area contributed by atoms with Gasteiger partial charge in [0.2, 0.25) is 0 Å². The highest BCUT2D eigenvalue weighted by Crippen LogP contribution is 2.18. The number of nitrogens with zero attached hydrogens (tertiary/aromatic N) is 1. The average molecular weight is 498 g/mol. The summed E-state index contributed by atoms with van der Waals surface area (Å²) in [6, 6.07) is 4.35. The molecule has 0 saturated heterocycles. The highest BCUT2D eigenvalue weighted by atomic mass is 127. The van der Waals surface area contributed by atoms with E-state index >= 15 is 0 Å². The molecule has 0 aromatic heterocycles. The van der Waals surface area contributed by atoms with E-state index in [1.807, 2.05) is 0 Å². The number of benzene rings is 1. The summed E-state index contributed by atoms with van der Waals surface area (Å²) in [5.41, 5.74) is 0.620. The molecule has 3 nitrogen and oxygen atoms in total. The van der Waals surface area contributed by atoms with Gasteiger partial charge in [0.05, 0.1) is 13.0 Å².